The molecular weight excluding hydrogens is 411 g/mol. The number of anilines is 2. The maximum atomic E-state index is 13.9. The van der Waals surface area contributed by atoms with Gasteiger partial charge in [0.15, 0.2) is 5.82 Å². The Balaban J connectivity index is 1.89. The van der Waals surface area contributed by atoms with E-state index >= 15 is 0 Å². The average Bonchev–Trinajstić information content (AvgIpc) is 2.72. The fraction of sp³-hybridized carbons (Fsp3) is 0.250. The van der Waals surface area contributed by atoms with Gasteiger partial charge in [-0.25, -0.2) is 4.39 Å². The molecule has 1 unspecified atom stereocenters. The number of rotatable bonds is 7. The van der Waals surface area contributed by atoms with Crippen LogP contribution in [0.25, 0.3) is 11.1 Å². The molecule has 0 saturated carbocycles. The van der Waals surface area contributed by atoms with Crippen LogP contribution in [0.2, 0.25) is 0 Å². The lowest BCUT2D eigenvalue weighted by molar-refractivity contribution is -0.182. The number of nitrogens with two attached hydrogens (primary N) is 1. The predicted molar refractivity (Wildman–Crippen MR) is 122 cm³/mol. The monoisotopic (exact) mass is 438 g/mol. The molecule has 32 heavy (non-hydrogen) atoms. The summed E-state index contributed by atoms with van der Waals surface area (Å²) in [5.41, 5.74) is 8.76. The van der Waals surface area contributed by atoms with Crippen molar-refractivity contribution in [1.82, 2.24) is 10.3 Å². The molecule has 0 saturated heterocycles. The van der Waals surface area contributed by atoms with E-state index in [1.807, 2.05) is 32.9 Å². The van der Waals surface area contributed by atoms with Crippen LogP contribution < -0.4 is 16.4 Å². The third kappa shape index (κ3) is 6.34. The van der Waals surface area contributed by atoms with Crippen molar-refractivity contribution < 1.29 is 19.0 Å². The first-order valence-corrected chi connectivity index (χ1v) is 10.1. The number of halogens is 1. The molecule has 8 heteroatoms. The van der Waals surface area contributed by atoms with Gasteiger partial charge in [-0.2, -0.15) is 0 Å². The smallest absolute Gasteiger partial charge is 0.255 e. The van der Waals surface area contributed by atoms with Gasteiger partial charge < -0.3 is 20.9 Å². The van der Waals surface area contributed by atoms with Gasteiger partial charge in [-0.1, -0.05) is 18.2 Å². The summed E-state index contributed by atoms with van der Waals surface area (Å²) in [6.45, 7) is 5.81. The number of aromatic nitrogens is 1. The van der Waals surface area contributed by atoms with Crippen molar-refractivity contribution in [2.75, 3.05) is 11.1 Å². The molecule has 0 fully saturated rings. The number of nitrogens with zero attached hydrogens (tertiary/aromatic N) is 1. The third-order valence-electron chi connectivity index (χ3n) is 4.52. The van der Waals surface area contributed by atoms with Crippen molar-refractivity contribution >= 4 is 17.3 Å². The Morgan fingerprint density at radius 1 is 1.22 bits per heavy atom. The molecule has 0 aliphatic heterocycles. The third-order valence-corrected chi connectivity index (χ3v) is 4.52. The summed E-state index contributed by atoms with van der Waals surface area (Å²) in [5.74, 6) is -1.08. The second-order valence-electron chi connectivity index (χ2n) is 8.27. The molecule has 7 nitrogen and oxygen atoms in total. The van der Waals surface area contributed by atoms with Crippen LogP contribution in [0.3, 0.4) is 0 Å². The average molecular weight is 439 g/mol. The van der Waals surface area contributed by atoms with Crippen LogP contribution in [0.15, 0.2) is 60.9 Å². The number of benzene rings is 2. The topological polar surface area (TPSA) is 110 Å². The Labute approximate surface area is 186 Å². The van der Waals surface area contributed by atoms with Gasteiger partial charge >= 0.3 is 0 Å². The number of hydrogen-bond donors (Lipinski definition) is 4. The molecule has 1 amide bonds. The molecule has 0 aliphatic rings. The molecule has 5 N–H and O–H groups in total. The zero-order valence-corrected chi connectivity index (χ0v) is 18.2. The van der Waals surface area contributed by atoms with Crippen molar-refractivity contribution in [1.29, 1.82) is 0 Å². The second-order valence-corrected chi connectivity index (χ2v) is 8.27. The highest BCUT2D eigenvalue weighted by atomic mass is 19.1. The van der Waals surface area contributed by atoms with Crippen LogP contribution in [-0.2, 0) is 11.3 Å². The first-order chi connectivity index (χ1) is 15.1. The molecular formula is C24H27FN4O3. The lowest BCUT2D eigenvalue weighted by Gasteiger charge is -2.25. The molecule has 1 atom stereocenters. The summed E-state index contributed by atoms with van der Waals surface area (Å²) in [6.07, 6.45) is 1.27. The highest BCUT2D eigenvalue weighted by Crippen LogP contribution is 2.27. The van der Waals surface area contributed by atoms with Gasteiger partial charge in [-0.3, -0.25) is 15.1 Å². The summed E-state index contributed by atoms with van der Waals surface area (Å²) >= 11 is 0. The van der Waals surface area contributed by atoms with E-state index in [4.69, 9.17) is 10.5 Å². The molecule has 3 rings (SSSR count). The van der Waals surface area contributed by atoms with E-state index in [-0.39, 0.29) is 12.2 Å². The van der Waals surface area contributed by atoms with Gasteiger partial charge in [-0.05, 0) is 67.8 Å². The number of amides is 1. The van der Waals surface area contributed by atoms with Gasteiger partial charge in [0, 0.05) is 24.0 Å². The summed E-state index contributed by atoms with van der Waals surface area (Å²) in [5, 5.41) is 15.6. The number of carbonyl (C=O) groups excluding carboxylic acids is 1. The minimum Gasteiger partial charge on any atom is -0.399 e. The molecule has 2 aromatic carbocycles. The molecule has 0 spiro atoms. The molecule has 168 valence electrons. The van der Waals surface area contributed by atoms with Gasteiger partial charge in [-0.15, -0.1) is 0 Å². The normalized spacial score (nSPS) is 12.4. The summed E-state index contributed by atoms with van der Waals surface area (Å²) in [7, 11) is 0. The minimum atomic E-state index is -1.17. The van der Waals surface area contributed by atoms with Crippen LogP contribution >= 0.6 is 0 Å². The van der Waals surface area contributed by atoms with E-state index in [0.29, 0.717) is 11.3 Å². The number of pyridine rings is 1. The largest absolute Gasteiger partial charge is 0.399 e. The first-order valence-electron chi connectivity index (χ1n) is 10.1. The van der Waals surface area contributed by atoms with Crippen molar-refractivity contribution in [3.63, 3.8) is 0 Å². The van der Waals surface area contributed by atoms with Crippen LogP contribution in [0.4, 0.5) is 15.8 Å². The fourth-order valence-electron chi connectivity index (χ4n) is 3.09. The lowest BCUT2D eigenvalue weighted by atomic mass is 9.96. The summed E-state index contributed by atoms with van der Waals surface area (Å²) < 4.78 is 19.4. The Morgan fingerprint density at radius 2 is 2.00 bits per heavy atom. The Bertz CT molecular complexity index is 1100. The van der Waals surface area contributed by atoms with E-state index < -0.39 is 23.7 Å². The highest BCUT2D eigenvalue weighted by Gasteiger charge is 2.18. The van der Waals surface area contributed by atoms with E-state index in [1.54, 1.807) is 30.3 Å². The number of nitrogens with one attached hydrogen (secondary N) is 2. The first kappa shape index (κ1) is 23.3. The number of ether oxygens (including phenoxy) is 1. The number of nitrogen functional groups attached to an aromatic ring is 1. The van der Waals surface area contributed by atoms with E-state index in [9.17, 15) is 14.3 Å². The summed E-state index contributed by atoms with van der Waals surface area (Å²) in [4.78, 5) is 16.4. The number of carbonyl (C=O) groups is 1. The molecule has 0 radical (unpaired) electrons. The minimum absolute atomic E-state index is 0.0451. The Kier molecular flexibility index (Phi) is 7.19. The number of hydrogen-bond acceptors (Lipinski definition) is 6. The quantitative estimate of drug-likeness (QED) is 0.329. The van der Waals surface area contributed by atoms with E-state index in [0.717, 1.165) is 22.9 Å². The van der Waals surface area contributed by atoms with Crippen molar-refractivity contribution in [2.24, 2.45) is 0 Å². The zero-order chi connectivity index (χ0) is 23.3. The van der Waals surface area contributed by atoms with Crippen molar-refractivity contribution in [3.8, 4) is 11.1 Å². The zero-order valence-electron chi connectivity index (χ0n) is 18.2. The highest BCUT2D eigenvalue weighted by molar-refractivity contribution is 6.05. The maximum absolute atomic E-state index is 13.9. The standard InChI is InChI=1S/C24H27FN4O3/c1-24(2,3)32-23(31)28-13-17-8-7-16(12-19(17)15-5-4-6-18(26)11-15)22(30)29-21-9-10-27-14-20(21)25/h4-12,14,23,28,31H,13,26H2,1-3H3,(H,27,29,30). The van der Waals surface area contributed by atoms with Gasteiger partial charge in [0.25, 0.3) is 5.91 Å². The number of aliphatic hydroxyl groups is 1. The SMILES string of the molecule is CC(C)(C)OC(O)NCc1ccc(C(=O)Nc2ccncc2F)cc1-c1cccc(N)c1. The Hall–Kier alpha value is -3.33. The van der Waals surface area contributed by atoms with Crippen LogP contribution in [0.5, 0.6) is 0 Å². The van der Waals surface area contributed by atoms with Crippen LogP contribution in [-0.4, -0.2) is 28.0 Å². The Morgan fingerprint density at radius 3 is 2.69 bits per heavy atom. The molecule has 1 aromatic heterocycles. The second kappa shape index (κ2) is 9.86. The van der Waals surface area contributed by atoms with E-state index in [1.165, 1.54) is 12.3 Å². The fourth-order valence-corrected chi connectivity index (χ4v) is 3.09. The van der Waals surface area contributed by atoms with Gasteiger partial charge in [0.1, 0.15) is 0 Å². The van der Waals surface area contributed by atoms with E-state index in [2.05, 4.69) is 15.6 Å². The molecule has 0 aliphatic carbocycles. The van der Waals surface area contributed by atoms with Gasteiger partial charge in [0.2, 0.25) is 6.41 Å². The molecule has 0 bridgehead atoms. The molecule has 3 aromatic rings. The predicted octanol–water partition coefficient (Wildman–Crippen LogP) is 3.90. The van der Waals surface area contributed by atoms with Crippen molar-refractivity contribution in [2.45, 2.75) is 39.3 Å². The number of aliphatic hydroxyl groups excluding tert-OH is 1. The van der Waals surface area contributed by atoms with Gasteiger partial charge in [0.05, 0.1) is 17.5 Å². The summed E-state index contributed by atoms with van der Waals surface area (Å²) in [6, 6.07) is 13.8. The lowest BCUT2D eigenvalue weighted by Crippen LogP contribution is -2.37. The maximum Gasteiger partial charge on any atom is 0.255 e. The van der Waals surface area contributed by atoms with Crippen LogP contribution in [0.1, 0.15) is 36.7 Å². The van der Waals surface area contributed by atoms with Crippen LogP contribution in [0, 0.1) is 5.82 Å². The van der Waals surface area contributed by atoms with Crippen molar-refractivity contribution in [3.05, 3.63) is 77.9 Å². The molecule has 1 heterocycles.